The van der Waals surface area contributed by atoms with Gasteiger partial charge < -0.3 is 14.8 Å². The quantitative estimate of drug-likeness (QED) is 0.696. The Bertz CT molecular complexity index is 352. The number of halogens is 1. The van der Waals surface area contributed by atoms with Gasteiger partial charge in [0.25, 0.3) is 0 Å². The standard InChI is InChI=1S/C11H19ClN4O2/c1-3-5-6-17-7-8-18-11-15-9(12)14-10(16-11)13-4-2/h3-8H2,1-2H3,(H,13,14,15,16). The van der Waals surface area contributed by atoms with Gasteiger partial charge in [-0.05, 0) is 24.9 Å². The van der Waals surface area contributed by atoms with Gasteiger partial charge in [-0.25, -0.2) is 0 Å². The minimum Gasteiger partial charge on any atom is -0.461 e. The van der Waals surface area contributed by atoms with E-state index in [1.807, 2.05) is 6.92 Å². The first-order valence-electron chi connectivity index (χ1n) is 6.12. The fourth-order valence-electron chi connectivity index (χ4n) is 1.17. The fraction of sp³-hybridized carbons (Fsp3) is 0.727. The highest BCUT2D eigenvalue weighted by atomic mass is 35.5. The molecule has 0 saturated carbocycles. The summed E-state index contributed by atoms with van der Waals surface area (Å²) in [6.07, 6.45) is 2.18. The van der Waals surface area contributed by atoms with Crippen LogP contribution < -0.4 is 10.1 Å². The third-order valence-corrected chi connectivity index (χ3v) is 2.19. The molecule has 102 valence electrons. The van der Waals surface area contributed by atoms with Gasteiger partial charge in [0.1, 0.15) is 6.61 Å². The molecule has 0 aromatic carbocycles. The Kier molecular flexibility index (Phi) is 7.36. The molecule has 7 heteroatoms. The number of hydrogen-bond donors (Lipinski definition) is 1. The van der Waals surface area contributed by atoms with E-state index in [4.69, 9.17) is 21.1 Å². The highest BCUT2D eigenvalue weighted by Gasteiger charge is 2.05. The van der Waals surface area contributed by atoms with Crippen molar-refractivity contribution < 1.29 is 9.47 Å². The summed E-state index contributed by atoms with van der Waals surface area (Å²) in [5, 5.41) is 3.06. The molecule has 18 heavy (non-hydrogen) atoms. The van der Waals surface area contributed by atoms with Gasteiger partial charge in [-0.2, -0.15) is 15.0 Å². The van der Waals surface area contributed by atoms with Crippen molar-refractivity contribution in [2.24, 2.45) is 0 Å². The van der Waals surface area contributed by atoms with Crippen molar-refractivity contribution in [3.8, 4) is 6.01 Å². The predicted molar refractivity (Wildman–Crippen MR) is 70.2 cm³/mol. The predicted octanol–water partition coefficient (Wildman–Crippen LogP) is 2.15. The third kappa shape index (κ3) is 5.97. The molecule has 0 fully saturated rings. The maximum atomic E-state index is 5.75. The van der Waals surface area contributed by atoms with Crippen LogP contribution in [0.1, 0.15) is 26.7 Å². The molecule has 0 aliphatic rings. The third-order valence-electron chi connectivity index (χ3n) is 2.02. The SMILES string of the molecule is CCCCOCCOc1nc(Cl)nc(NCC)n1. The van der Waals surface area contributed by atoms with Crippen LogP contribution in [0.15, 0.2) is 0 Å². The average molecular weight is 275 g/mol. The van der Waals surface area contributed by atoms with Crippen molar-refractivity contribution in [3.05, 3.63) is 5.28 Å². The number of hydrogen-bond acceptors (Lipinski definition) is 6. The lowest BCUT2D eigenvalue weighted by Gasteiger charge is -2.07. The Morgan fingerprint density at radius 1 is 1.11 bits per heavy atom. The second-order valence-corrected chi connectivity index (χ2v) is 3.89. The monoisotopic (exact) mass is 274 g/mol. The maximum Gasteiger partial charge on any atom is 0.322 e. The lowest BCUT2D eigenvalue weighted by atomic mass is 10.4. The number of nitrogens with one attached hydrogen (secondary N) is 1. The second-order valence-electron chi connectivity index (χ2n) is 3.56. The zero-order valence-corrected chi connectivity index (χ0v) is 11.5. The summed E-state index contributed by atoms with van der Waals surface area (Å²) in [5.74, 6) is 0.416. The molecule has 0 unspecified atom stereocenters. The van der Waals surface area contributed by atoms with E-state index in [1.54, 1.807) is 0 Å². The van der Waals surface area contributed by atoms with Gasteiger partial charge >= 0.3 is 6.01 Å². The number of unbranched alkanes of at least 4 members (excludes halogenated alkanes) is 1. The first kappa shape index (κ1) is 14.9. The second kappa shape index (κ2) is 8.88. The lowest BCUT2D eigenvalue weighted by molar-refractivity contribution is 0.0947. The fourth-order valence-corrected chi connectivity index (χ4v) is 1.33. The Morgan fingerprint density at radius 3 is 2.67 bits per heavy atom. The van der Waals surface area contributed by atoms with E-state index in [0.717, 1.165) is 19.4 Å². The summed E-state index contributed by atoms with van der Waals surface area (Å²) in [5.41, 5.74) is 0. The van der Waals surface area contributed by atoms with E-state index in [9.17, 15) is 0 Å². The summed E-state index contributed by atoms with van der Waals surface area (Å²) >= 11 is 5.75. The van der Waals surface area contributed by atoms with Crippen molar-refractivity contribution in [1.82, 2.24) is 15.0 Å². The molecule has 1 rings (SSSR count). The van der Waals surface area contributed by atoms with Gasteiger partial charge in [0, 0.05) is 13.2 Å². The molecule has 0 atom stereocenters. The summed E-state index contributed by atoms with van der Waals surface area (Å²) in [7, 11) is 0. The van der Waals surface area contributed by atoms with Crippen LogP contribution >= 0.6 is 11.6 Å². The van der Waals surface area contributed by atoms with Gasteiger partial charge in [-0.3, -0.25) is 0 Å². The van der Waals surface area contributed by atoms with E-state index >= 15 is 0 Å². The lowest BCUT2D eigenvalue weighted by Crippen LogP contribution is -2.11. The van der Waals surface area contributed by atoms with Crippen molar-refractivity contribution >= 4 is 17.5 Å². The summed E-state index contributed by atoms with van der Waals surface area (Å²) < 4.78 is 10.7. The van der Waals surface area contributed by atoms with Crippen molar-refractivity contribution in [2.45, 2.75) is 26.7 Å². The van der Waals surface area contributed by atoms with E-state index in [2.05, 4.69) is 27.2 Å². The number of ether oxygens (including phenoxy) is 2. The van der Waals surface area contributed by atoms with Crippen LogP contribution in [0.4, 0.5) is 5.95 Å². The van der Waals surface area contributed by atoms with Crippen LogP contribution in [0.5, 0.6) is 6.01 Å². The van der Waals surface area contributed by atoms with Gasteiger partial charge in [0.15, 0.2) is 0 Å². The molecule has 1 aromatic rings. The van der Waals surface area contributed by atoms with E-state index in [0.29, 0.717) is 25.7 Å². The smallest absolute Gasteiger partial charge is 0.322 e. The molecule has 0 bridgehead atoms. The summed E-state index contributed by atoms with van der Waals surface area (Å²) in [4.78, 5) is 11.9. The minimum atomic E-state index is 0.114. The number of aromatic nitrogens is 3. The van der Waals surface area contributed by atoms with Gasteiger partial charge in [0.2, 0.25) is 11.2 Å². The normalized spacial score (nSPS) is 10.4. The Labute approximate surface area is 112 Å². The number of rotatable bonds is 9. The van der Waals surface area contributed by atoms with Gasteiger partial charge in [-0.1, -0.05) is 13.3 Å². The van der Waals surface area contributed by atoms with E-state index in [-0.39, 0.29) is 11.3 Å². The highest BCUT2D eigenvalue weighted by molar-refractivity contribution is 6.28. The van der Waals surface area contributed by atoms with E-state index < -0.39 is 0 Å². The van der Waals surface area contributed by atoms with Crippen LogP contribution in [0, 0.1) is 0 Å². The highest BCUT2D eigenvalue weighted by Crippen LogP contribution is 2.10. The first-order chi connectivity index (χ1) is 8.76. The molecule has 0 aliphatic heterocycles. The minimum absolute atomic E-state index is 0.114. The van der Waals surface area contributed by atoms with Gasteiger partial charge in [-0.15, -0.1) is 0 Å². The summed E-state index contributed by atoms with van der Waals surface area (Å²) in [6.45, 7) is 6.44. The average Bonchev–Trinajstić information content (AvgIpc) is 2.33. The zero-order chi connectivity index (χ0) is 13.2. The van der Waals surface area contributed by atoms with Crippen LogP contribution in [-0.4, -0.2) is 41.3 Å². The molecule has 0 radical (unpaired) electrons. The molecule has 0 aliphatic carbocycles. The van der Waals surface area contributed by atoms with Crippen molar-refractivity contribution in [2.75, 3.05) is 31.7 Å². The van der Waals surface area contributed by atoms with E-state index in [1.165, 1.54) is 0 Å². The Hall–Kier alpha value is -1.14. The molecule has 0 saturated heterocycles. The number of anilines is 1. The number of nitrogens with zero attached hydrogens (tertiary/aromatic N) is 3. The first-order valence-corrected chi connectivity index (χ1v) is 6.50. The summed E-state index contributed by atoms with van der Waals surface area (Å²) in [6, 6.07) is 0.213. The van der Waals surface area contributed by atoms with Crippen molar-refractivity contribution in [1.29, 1.82) is 0 Å². The van der Waals surface area contributed by atoms with Crippen LogP contribution in [0.3, 0.4) is 0 Å². The molecular weight excluding hydrogens is 256 g/mol. The van der Waals surface area contributed by atoms with Gasteiger partial charge in [0.05, 0.1) is 6.61 Å². The molecule has 1 aromatic heterocycles. The maximum absolute atomic E-state index is 5.75. The van der Waals surface area contributed by atoms with Crippen LogP contribution in [0.25, 0.3) is 0 Å². The molecule has 0 spiro atoms. The Morgan fingerprint density at radius 2 is 1.94 bits per heavy atom. The topological polar surface area (TPSA) is 69.2 Å². The molecule has 1 N–H and O–H groups in total. The van der Waals surface area contributed by atoms with Crippen LogP contribution in [0.2, 0.25) is 5.28 Å². The molecule has 0 amide bonds. The van der Waals surface area contributed by atoms with Crippen LogP contribution in [-0.2, 0) is 4.74 Å². The largest absolute Gasteiger partial charge is 0.461 e. The zero-order valence-electron chi connectivity index (χ0n) is 10.8. The molecular formula is C11H19ClN4O2. The van der Waals surface area contributed by atoms with Crippen molar-refractivity contribution in [3.63, 3.8) is 0 Å². The molecule has 6 nitrogen and oxygen atoms in total. The Balaban J connectivity index is 2.32. The molecule has 1 heterocycles.